The third-order valence-electron chi connectivity index (χ3n) is 3.11. The highest BCUT2D eigenvalue weighted by Crippen LogP contribution is 2.28. The number of aryl methyl sites for hydroxylation is 1. The fourth-order valence-electron chi connectivity index (χ4n) is 2.24. The van der Waals surface area contributed by atoms with Crippen molar-refractivity contribution in [2.45, 2.75) is 19.9 Å². The molecule has 3 rings (SSSR count). The van der Waals surface area contributed by atoms with Gasteiger partial charge in [0.25, 0.3) is 0 Å². The van der Waals surface area contributed by atoms with Crippen LogP contribution in [0, 0.1) is 0 Å². The molecule has 0 saturated heterocycles. The molecule has 2 aromatic heterocycles. The first kappa shape index (κ1) is 11.6. The lowest BCUT2D eigenvalue weighted by atomic mass is 10.1. The van der Waals surface area contributed by atoms with E-state index in [1.165, 1.54) is 0 Å². The molecule has 0 aliphatic heterocycles. The summed E-state index contributed by atoms with van der Waals surface area (Å²) in [4.78, 5) is 0. The van der Waals surface area contributed by atoms with Gasteiger partial charge in [-0.2, -0.15) is 5.10 Å². The predicted octanol–water partition coefficient (Wildman–Crippen LogP) is 2.49. The molecule has 19 heavy (non-hydrogen) atoms. The van der Waals surface area contributed by atoms with E-state index in [2.05, 4.69) is 22.2 Å². The summed E-state index contributed by atoms with van der Waals surface area (Å²) in [5.41, 5.74) is 7.69. The summed E-state index contributed by atoms with van der Waals surface area (Å²) in [5.74, 6) is 0.459. The van der Waals surface area contributed by atoms with Gasteiger partial charge in [-0.3, -0.25) is 4.68 Å². The lowest BCUT2D eigenvalue weighted by Gasteiger charge is -2.08. The molecule has 0 bridgehead atoms. The molecule has 0 aliphatic carbocycles. The molecule has 0 radical (unpaired) electrons. The summed E-state index contributed by atoms with van der Waals surface area (Å²) in [6.45, 7) is 2.99. The van der Waals surface area contributed by atoms with Gasteiger partial charge in [-0.05, 0) is 12.5 Å². The number of nitrogens with two attached hydrogens (primary N) is 1. The van der Waals surface area contributed by atoms with Gasteiger partial charge in [0, 0.05) is 23.5 Å². The molecular formula is C14H15N5. The molecule has 2 N–H and O–H groups in total. The molecule has 0 saturated carbocycles. The van der Waals surface area contributed by atoms with E-state index < -0.39 is 0 Å². The Labute approximate surface area is 111 Å². The van der Waals surface area contributed by atoms with Gasteiger partial charge in [-0.25, -0.2) is 0 Å². The molecule has 0 fully saturated rings. The molecule has 0 atom stereocenters. The molecule has 5 nitrogen and oxygen atoms in total. The van der Waals surface area contributed by atoms with Crippen molar-refractivity contribution >= 4 is 16.6 Å². The molecule has 0 spiro atoms. The van der Waals surface area contributed by atoms with E-state index in [1.807, 2.05) is 35.0 Å². The second-order valence-corrected chi connectivity index (χ2v) is 4.42. The minimum absolute atomic E-state index is 0.459. The Kier molecular flexibility index (Phi) is 2.87. The zero-order valence-electron chi connectivity index (χ0n) is 10.7. The predicted molar refractivity (Wildman–Crippen MR) is 75.5 cm³/mol. The number of rotatable bonds is 3. The minimum Gasteiger partial charge on any atom is -0.382 e. The number of nitrogens with zero attached hydrogens (tertiary/aromatic N) is 4. The standard InChI is InChI=1S/C14H15N5/c1-2-9-19-12(7-8-16-19)13-10-5-3-4-6-11(10)14(15)18-17-13/h3-8H,2,9H2,1H3,(H2,15,18). The molecule has 2 heterocycles. The van der Waals surface area contributed by atoms with Gasteiger partial charge in [-0.1, -0.05) is 31.2 Å². The van der Waals surface area contributed by atoms with Crippen LogP contribution in [0.1, 0.15) is 13.3 Å². The second-order valence-electron chi connectivity index (χ2n) is 4.42. The van der Waals surface area contributed by atoms with Gasteiger partial charge >= 0.3 is 0 Å². The maximum absolute atomic E-state index is 5.88. The number of aromatic nitrogens is 4. The fraction of sp³-hybridized carbons (Fsp3) is 0.214. The van der Waals surface area contributed by atoms with Crippen LogP contribution in [0.5, 0.6) is 0 Å². The summed E-state index contributed by atoms with van der Waals surface area (Å²) < 4.78 is 1.95. The average Bonchev–Trinajstić information content (AvgIpc) is 2.88. The van der Waals surface area contributed by atoms with Crippen LogP contribution in [0.2, 0.25) is 0 Å². The number of hydrogen-bond donors (Lipinski definition) is 1. The van der Waals surface area contributed by atoms with Crippen LogP contribution in [0.15, 0.2) is 36.5 Å². The van der Waals surface area contributed by atoms with E-state index >= 15 is 0 Å². The molecule has 3 aromatic rings. The normalized spacial score (nSPS) is 11.0. The Balaban J connectivity index is 2.25. The van der Waals surface area contributed by atoms with E-state index in [0.717, 1.165) is 35.1 Å². The van der Waals surface area contributed by atoms with Crippen molar-refractivity contribution in [1.29, 1.82) is 0 Å². The van der Waals surface area contributed by atoms with Crippen LogP contribution >= 0.6 is 0 Å². The van der Waals surface area contributed by atoms with Crippen LogP contribution in [-0.4, -0.2) is 20.0 Å². The van der Waals surface area contributed by atoms with Gasteiger partial charge in [0.2, 0.25) is 0 Å². The summed E-state index contributed by atoms with van der Waals surface area (Å²) in [7, 11) is 0. The Morgan fingerprint density at radius 2 is 1.89 bits per heavy atom. The topological polar surface area (TPSA) is 69.6 Å². The van der Waals surface area contributed by atoms with Crippen LogP contribution < -0.4 is 5.73 Å². The van der Waals surface area contributed by atoms with Crippen molar-refractivity contribution in [2.24, 2.45) is 0 Å². The zero-order valence-corrected chi connectivity index (χ0v) is 10.7. The van der Waals surface area contributed by atoms with Gasteiger partial charge in [0.15, 0.2) is 5.82 Å². The quantitative estimate of drug-likeness (QED) is 0.778. The number of hydrogen-bond acceptors (Lipinski definition) is 4. The average molecular weight is 253 g/mol. The minimum atomic E-state index is 0.459. The molecule has 0 aliphatic rings. The van der Waals surface area contributed by atoms with Crippen LogP contribution in [0.4, 0.5) is 5.82 Å². The summed E-state index contributed by atoms with van der Waals surface area (Å²) >= 11 is 0. The van der Waals surface area contributed by atoms with E-state index in [1.54, 1.807) is 6.20 Å². The Morgan fingerprint density at radius 3 is 2.68 bits per heavy atom. The molecule has 0 unspecified atom stereocenters. The van der Waals surface area contributed by atoms with Crippen molar-refractivity contribution in [1.82, 2.24) is 20.0 Å². The van der Waals surface area contributed by atoms with Gasteiger partial charge in [0.1, 0.15) is 5.69 Å². The maximum Gasteiger partial charge on any atom is 0.154 e. The van der Waals surface area contributed by atoms with E-state index in [0.29, 0.717) is 5.82 Å². The van der Waals surface area contributed by atoms with Crippen molar-refractivity contribution in [3.8, 4) is 11.4 Å². The molecule has 96 valence electrons. The van der Waals surface area contributed by atoms with Crippen LogP contribution in [-0.2, 0) is 6.54 Å². The van der Waals surface area contributed by atoms with E-state index in [-0.39, 0.29) is 0 Å². The number of anilines is 1. The fourth-order valence-corrected chi connectivity index (χ4v) is 2.24. The monoisotopic (exact) mass is 253 g/mol. The zero-order chi connectivity index (χ0) is 13.2. The number of benzene rings is 1. The van der Waals surface area contributed by atoms with E-state index in [4.69, 9.17) is 5.73 Å². The number of nitrogen functional groups attached to an aromatic ring is 1. The largest absolute Gasteiger partial charge is 0.382 e. The van der Waals surface area contributed by atoms with Crippen molar-refractivity contribution in [3.63, 3.8) is 0 Å². The lowest BCUT2D eigenvalue weighted by molar-refractivity contribution is 0.608. The highest BCUT2D eigenvalue weighted by molar-refractivity contribution is 5.98. The lowest BCUT2D eigenvalue weighted by Crippen LogP contribution is -2.04. The second kappa shape index (κ2) is 4.68. The molecule has 0 amide bonds. The molecule has 5 heteroatoms. The van der Waals surface area contributed by atoms with Crippen LogP contribution in [0.25, 0.3) is 22.2 Å². The Hall–Kier alpha value is -2.43. The summed E-state index contributed by atoms with van der Waals surface area (Å²) in [6, 6.07) is 9.87. The van der Waals surface area contributed by atoms with Gasteiger partial charge in [0.05, 0.1) is 5.69 Å². The van der Waals surface area contributed by atoms with Gasteiger partial charge in [-0.15, -0.1) is 10.2 Å². The third-order valence-corrected chi connectivity index (χ3v) is 3.11. The highest BCUT2D eigenvalue weighted by atomic mass is 15.3. The highest BCUT2D eigenvalue weighted by Gasteiger charge is 2.12. The Morgan fingerprint density at radius 1 is 1.11 bits per heavy atom. The smallest absolute Gasteiger partial charge is 0.154 e. The van der Waals surface area contributed by atoms with Crippen molar-refractivity contribution in [2.75, 3.05) is 5.73 Å². The number of fused-ring (bicyclic) bond motifs is 1. The van der Waals surface area contributed by atoms with Crippen molar-refractivity contribution in [3.05, 3.63) is 36.5 Å². The van der Waals surface area contributed by atoms with Crippen molar-refractivity contribution < 1.29 is 0 Å². The first-order valence-electron chi connectivity index (χ1n) is 6.34. The molecule has 1 aromatic carbocycles. The summed E-state index contributed by atoms with van der Waals surface area (Å²) in [6.07, 6.45) is 2.81. The SMILES string of the molecule is CCCn1nccc1-c1nnc(N)c2ccccc12. The maximum atomic E-state index is 5.88. The third kappa shape index (κ3) is 1.93. The van der Waals surface area contributed by atoms with E-state index in [9.17, 15) is 0 Å². The first-order valence-corrected chi connectivity index (χ1v) is 6.34. The Bertz CT molecular complexity index is 717. The molecular weight excluding hydrogens is 238 g/mol. The van der Waals surface area contributed by atoms with Crippen LogP contribution in [0.3, 0.4) is 0 Å². The first-order chi connectivity index (χ1) is 9.31. The summed E-state index contributed by atoms with van der Waals surface area (Å²) in [5, 5.41) is 14.6. The van der Waals surface area contributed by atoms with Gasteiger partial charge < -0.3 is 5.73 Å².